The molecule has 0 bridgehead atoms. The second-order valence-electron chi connectivity index (χ2n) is 8.57. The summed E-state index contributed by atoms with van der Waals surface area (Å²) in [6, 6.07) is 15.8. The van der Waals surface area contributed by atoms with Crippen molar-refractivity contribution < 1.29 is 14.3 Å². The molecule has 2 aromatic heterocycles. The molecule has 1 spiro atoms. The molecule has 1 saturated heterocycles. The van der Waals surface area contributed by atoms with E-state index >= 15 is 0 Å². The molecule has 0 radical (unpaired) electrons. The van der Waals surface area contributed by atoms with E-state index in [-0.39, 0.29) is 12.5 Å². The summed E-state index contributed by atoms with van der Waals surface area (Å²) in [5, 5.41) is 1.99. The third-order valence-electron chi connectivity index (χ3n) is 6.72. The number of hydrogen-bond donors (Lipinski definition) is 0. The van der Waals surface area contributed by atoms with E-state index in [1.165, 1.54) is 7.11 Å². The van der Waals surface area contributed by atoms with Gasteiger partial charge in [-0.1, -0.05) is 42.5 Å². The number of benzene rings is 2. The first-order valence-corrected chi connectivity index (χ1v) is 11.0. The summed E-state index contributed by atoms with van der Waals surface area (Å²) >= 11 is 0. The van der Waals surface area contributed by atoms with Gasteiger partial charge in [-0.25, -0.2) is 4.79 Å². The lowest BCUT2D eigenvalue weighted by Gasteiger charge is -2.45. The minimum Gasteiger partial charge on any atom is -0.453 e. The third-order valence-corrected chi connectivity index (χ3v) is 6.72. The van der Waals surface area contributed by atoms with Crippen LogP contribution in [0.2, 0.25) is 0 Å². The summed E-state index contributed by atoms with van der Waals surface area (Å²) in [5.74, 6) is -0.0334. The number of hydrogen-bond acceptors (Lipinski definition) is 6. The summed E-state index contributed by atoms with van der Waals surface area (Å²) < 4.78 is 4.85. The molecule has 0 aliphatic carbocycles. The Morgan fingerprint density at radius 2 is 1.82 bits per heavy atom. The maximum Gasteiger partial charge on any atom is 0.409 e. The van der Waals surface area contributed by atoms with Gasteiger partial charge in [0.25, 0.3) is 0 Å². The average molecular weight is 451 g/mol. The van der Waals surface area contributed by atoms with Crippen molar-refractivity contribution in [2.24, 2.45) is 0 Å². The average Bonchev–Trinajstić information content (AvgIpc) is 3.11. The Morgan fingerprint density at radius 3 is 2.62 bits per heavy atom. The van der Waals surface area contributed by atoms with Crippen LogP contribution in [0.25, 0.3) is 22.0 Å². The molecule has 0 atom stereocenters. The minimum absolute atomic E-state index is 0.0334. The number of methoxy groups -OCH3 is 1. The number of para-hydroxylation sites is 1. The lowest BCUT2D eigenvalue weighted by molar-refractivity contribution is -0.128. The predicted molar refractivity (Wildman–Crippen MR) is 126 cm³/mol. The van der Waals surface area contributed by atoms with Gasteiger partial charge in [0.05, 0.1) is 31.2 Å². The third kappa shape index (κ3) is 2.88. The topological polar surface area (TPSA) is 88.5 Å². The highest BCUT2D eigenvalue weighted by Crippen LogP contribution is 2.48. The van der Waals surface area contributed by atoms with Crippen LogP contribution in [-0.4, -0.2) is 52.1 Å². The maximum absolute atomic E-state index is 13.8. The Balaban J connectivity index is 1.44. The van der Waals surface area contributed by atoms with Gasteiger partial charge < -0.3 is 14.5 Å². The van der Waals surface area contributed by atoms with Crippen LogP contribution in [-0.2, 0) is 21.5 Å². The van der Waals surface area contributed by atoms with Crippen molar-refractivity contribution in [2.75, 3.05) is 25.1 Å². The summed E-state index contributed by atoms with van der Waals surface area (Å²) in [4.78, 5) is 42.7. The van der Waals surface area contributed by atoms with Crippen LogP contribution in [0.15, 0.2) is 73.3 Å². The quantitative estimate of drug-likeness (QED) is 0.473. The number of rotatable bonds is 3. The smallest absolute Gasteiger partial charge is 0.409 e. The first kappa shape index (κ1) is 20.3. The molecule has 2 aliphatic rings. The van der Waals surface area contributed by atoms with Crippen molar-refractivity contribution in [3.63, 3.8) is 0 Å². The summed E-state index contributed by atoms with van der Waals surface area (Å²) in [7, 11) is 1.35. The molecule has 2 aromatic carbocycles. The van der Waals surface area contributed by atoms with Gasteiger partial charge in [-0.05, 0) is 17.0 Å². The zero-order valence-electron chi connectivity index (χ0n) is 18.5. The van der Waals surface area contributed by atoms with Crippen molar-refractivity contribution in [1.29, 1.82) is 0 Å². The first-order valence-electron chi connectivity index (χ1n) is 11.0. The van der Waals surface area contributed by atoms with Gasteiger partial charge in [0.2, 0.25) is 5.91 Å². The van der Waals surface area contributed by atoms with E-state index in [4.69, 9.17) is 9.72 Å². The van der Waals surface area contributed by atoms with Crippen LogP contribution < -0.4 is 4.90 Å². The van der Waals surface area contributed by atoms with Crippen LogP contribution in [0.5, 0.6) is 0 Å². The number of nitrogens with zero attached hydrogens (tertiary/aromatic N) is 5. The van der Waals surface area contributed by atoms with E-state index < -0.39 is 11.5 Å². The van der Waals surface area contributed by atoms with Crippen molar-refractivity contribution in [3.8, 4) is 11.3 Å². The molecule has 2 amide bonds. The van der Waals surface area contributed by atoms with Gasteiger partial charge in [-0.15, -0.1) is 0 Å². The van der Waals surface area contributed by atoms with E-state index in [0.29, 0.717) is 18.8 Å². The molecule has 6 rings (SSSR count). The molecule has 2 aliphatic heterocycles. The van der Waals surface area contributed by atoms with E-state index in [9.17, 15) is 9.59 Å². The van der Waals surface area contributed by atoms with Gasteiger partial charge in [-0.3, -0.25) is 19.7 Å². The Labute approximate surface area is 195 Å². The number of anilines is 1. The Morgan fingerprint density at radius 1 is 1.03 bits per heavy atom. The summed E-state index contributed by atoms with van der Waals surface area (Å²) in [6.45, 7) is 0.884. The molecule has 8 nitrogen and oxygen atoms in total. The fourth-order valence-corrected chi connectivity index (χ4v) is 5.11. The largest absolute Gasteiger partial charge is 0.453 e. The molecule has 0 unspecified atom stereocenters. The molecule has 4 aromatic rings. The normalized spacial score (nSPS) is 16.0. The minimum atomic E-state index is -0.756. The van der Waals surface area contributed by atoms with Crippen LogP contribution in [0.1, 0.15) is 11.3 Å². The molecule has 1 fully saturated rings. The Hall–Kier alpha value is -4.33. The van der Waals surface area contributed by atoms with Gasteiger partial charge in [-0.2, -0.15) is 0 Å². The van der Waals surface area contributed by atoms with Crippen LogP contribution in [0.3, 0.4) is 0 Å². The Bertz CT molecular complexity index is 1430. The molecule has 34 heavy (non-hydrogen) atoms. The Kier molecular flexibility index (Phi) is 4.55. The number of amides is 2. The van der Waals surface area contributed by atoms with Gasteiger partial charge in [0.1, 0.15) is 5.41 Å². The van der Waals surface area contributed by atoms with E-state index in [1.807, 2.05) is 54.7 Å². The molecule has 4 heterocycles. The predicted octanol–water partition coefficient (Wildman–Crippen LogP) is 3.56. The monoisotopic (exact) mass is 451 g/mol. The van der Waals surface area contributed by atoms with Crippen molar-refractivity contribution >= 4 is 28.5 Å². The van der Waals surface area contributed by atoms with Crippen molar-refractivity contribution in [1.82, 2.24) is 19.9 Å². The molecular weight excluding hydrogens is 430 g/mol. The molecular formula is C26H21N5O3. The number of pyridine rings is 1. The second-order valence-corrected chi connectivity index (χ2v) is 8.57. The fourth-order valence-electron chi connectivity index (χ4n) is 5.11. The van der Waals surface area contributed by atoms with Crippen LogP contribution >= 0.6 is 0 Å². The number of aromatic nitrogens is 3. The standard InChI is InChI=1S/C26H21N5O3/c1-34-25(33)30-15-26(16-30)19-8-4-5-9-22(19)31(24(26)32)14-21-23(20-13-27-10-11-28-20)18-7-3-2-6-17(18)12-29-21/h2-13H,14-16H2,1H3. The van der Waals surface area contributed by atoms with Crippen molar-refractivity contribution in [2.45, 2.75) is 12.0 Å². The number of fused-ring (bicyclic) bond motifs is 3. The SMILES string of the molecule is COC(=O)N1CC2(C1)C(=O)N(Cc1ncc3ccccc3c1-c1cnccn1)c1ccccc12. The highest BCUT2D eigenvalue weighted by molar-refractivity contribution is 6.10. The molecule has 0 saturated carbocycles. The lowest BCUT2D eigenvalue weighted by Crippen LogP contribution is -2.65. The van der Waals surface area contributed by atoms with Crippen molar-refractivity contribution in [3.05, 3.63) is 84.6 Å². The number of carbonyl (C=O) groups excluding carboxylic acids is 2. The summed E-state index contributed by atoms with van der Waals surface area (Å²) in [6.07, 6.45) is 6.41. The van der Waals surface area contributed by atoms with E-state index in [2.05, 4.69) is 9.97 Å². The number of likely N-dealkylation sites (tertiary alicyclic amines) is 1. The van der Waals surface area contributed by atoms with Gasteiger partial charge >= 0.3 is 6.09 Å². The van der Waals surface area contributed by atoms with Crippen LogP contribution in [0, 0.1) is 0 Å². The fraction of sp³-hybridized carbons (Fsp3) is 0.192. The molecule has 8 heteroatoms. The highest BCUT2D eigenvalue weighted by Gasteiger charge is 2.59. The molecule has 0 N–H and O–H groups in total. The zero-order valence-corrected chi connectivity index (χ0v) is 18.5. The number of ether oxygens (including phenoxy) is 1. The zero-order chi connectivity index (χ0) is 23.3. The maximum atomic E-state index is 13.8. The van der Waals surface area contributed by atoms with Crippen LogP contribution in [0.4, 0.5) is 10.5 Å². The van der Waals surface area contributed by atoms with E-state index in [0.717, 1.165) is 33.3 Å². The number of carbonyl (C=O) groups is 2. The van der Waals surface area contributed by atoms with E-state index in [1.54, 1.807) is 28.4 Å². The lowest BCUT2D eigenvalue weighted by atomic mass is 9.75. The second kappa shape index (κ2) is 7.62. The highest BCUT2D eigenvalue weighted by atomic mass is 16.5. The van der Waals surface area contributed by atoms with Gasteiger partial charge in [0, 0.05) is 48.3 Å². The first-order chi connectivity index (χ1) is 16.6. The summed E-state index contributed by atoms with van der Waals surface area (Å²) in [5.41, 5.74) is 3.33. The van der Waals surface area contributed by atoms with Gasteiger partial charge in [0.15, 0.2) is 0 Å². The molecule has 168 valence electrons.